The van der Waals surface area contributed by atoms with Crippen LogP contribution in [0.4, 0.5) is 5.69 Å². The highest BCUT2D eigenvalue weighted by Gasteiger charge is 2.26. The molecule has 1 atom stereocenters. The molecule has 0 radical (unpaired) electrons. The molecule has 126 valence electrons. The van der Waals surface area contributed by atoms with Crippen molar-refractivity contribution in [2.45, 2.75) is 6.42 Å². The highest BCUT2D eigenvalue weighted by atomic mass is 16.5. The second-order valence-corrected chi connectivity index (χ2v) is 5.67. The molecule has 0 bridgehead atoms. The Morgan fingerprint density at radius 2 is 1.91 bits per heavy atom. The van der Waals surface area contributed by atoms with E-state index in [4.69, 9.17) is 10.5 Å². The first kappa shape index (κ1) is 17.1. The molecule has 1 aromatic carbocycles. The number of methoxy groups -OCH3 is 1. The zero-order valence-electron chi connectivity index (χ0n) is 13.3. The van der Waals surface area contributed by atoms with Crippen LogP contribution in [0.1, 0.15) is 6.42 Å². The van der Waals surface area contributed by atoms with E-state index in [0.717, 1.165) is 37.6 Å². The molecule has 1 aliphatic heterocycles. The van der Waals surface area contributed by atoms with Crippen molar-refractivity contribution in [3.63, 3.8) is 0 Å². The zero-order chi connectivity index (χ0) is 16.8. The van der Waals surface area contributed by atoms with Gasteiger partial charge in [0.05, 0.1) is 18.7 Å². The number of carboxylic acid groups (broad SMARTS) is 1. The number of aliphatic carboxylic acids is 1. The molecule has 7 heteroatoms. The number of hydrogen-bond acceptors (Lipinski definition) is 5. The Morgan fingerprint density at radius 3 is 2.48 bits per heavy atom. The fourth-order valence-corrected chi connectivity index (χ4v) is 2.85. The molecule has 0 aromatic heterocycles. The minimum atomic E-state index is -0.976. The Bertz CT molecular complexity index is 556. The van der Waals surface area contributed by atoms with Crippen molar-refractivity contribution >= 4 is 17.6 Å². The number of ether oxygens (including phenoxy) is 1. The van der Waals surface area contributed by atoms with Crippen molar-refractivity contribution in [2.24, 2.45) is 11.7 Å². The Balaban J connectivity index is 1.93. The van der Waals surface area contributed by atoms with E-state index < -0.39 is 17.8 Å². The summed E-state index contributed by atoms with van der Waals surface area (Å²) < 4.78 is 5.38. The van der Waals surface area contributed by atoms with Gasteiger partial charge in [-0.25, -0.2) is 0 Å². The van der Waals surface area contributed by atoms with Gasteiger partial charge in [-0.1, -0.05) is 12.1 Å². The smallest absolute Gasteiger partial charge is 0.308 e. The number of primary amides is 1. The number of hydrogen-bond donors (Lipinski definition) is 2. The van der Waals surface area contributed by atoms with Crippen LogP contribution in [0.25, 0.3) is 0 Å². The van der Waals surface area contributed by atoms with Crippen LogP contribution in [0.2, 0.25) is 0 Å². The number of para-hydroxylation sites is 2. The van der Waals surface area contributed by atoms with Crippen molar-refractivity contribution in [1.29, 1.82) is 0 Å². The molecule has 1 aromatic rings. The van der Waals surface area contributed by atoms with Crippen molar-refractivity contribution in [3.8, 4) is 5.75 Å². The second-order valence-electron chi connectivity index (χ2n) is 5.67. The molecular formula is C16H23N3O4. The first-order valence-corrected chi connectivity index (χ1v) is 7.62. The predicted octanol–water partition coefficient (Wildman–Crippen LogP) is 0.393. The summed E-state index contributed by atoms with van der Waals surface area (Å²) in [6.07, 6.45) is -0.123. The second kappa shape index (κ2) is 7.82. The van der Waals surface area contributed by atoms with Crippen LogP contribution < -0.4 is 15.4 Å². The van der Waals surface area contributed by atoms with Crippen molar-refractivity contribution < 1.29 is 19.4 Å². The van der Waals surface area contributed by atoms with Crippen LogP contribution in [0.15, 0.2) is 24.3 Å². The molecule has 1 unspecified atom stereocenters. The van der Waals surface area contributed by atoms with E-state index in [1.54, 1.807) is 7.11 Å². The summed E-state index contributed by atoms with van der Waals surface area (Å²) in [5.74, 6) is -1.47. The number of benzene rings is 1. The molecule has 1 aliphatic rings. The third-order valence-corrected chi connectivity index (χ3v) is 4.07. The minimum absolute atomic E-state index is 0.123. The van der Waals surface area contributed by atoms with Crippen LogP contribution in [-0.4, -0.2) is 61.7 Å². The fraction of sp³-hybridized carbons (Fsp3) is 0.500. The molecule has 0 aliphatic carbocycles. The number of amides is 1. The molecule has 0 saturated carbocycles. The van der Waals surface area contributed by atoms with E-state index in [1.807, 2.05) is 24.3 Å². The van der Waals surface area contributed by atoms with E-state index in [-0.39, 0.29) is 6.42 Å². The molecular weight excluding hydrogens is 298 g/mol. The third-order valence-electron chi connectivity index (χ3n) is 4.07. The lowest BCUT2D eigenvalue weighted by Crippen LogP contribution is -2.49. The first-order chi connectivity index (χ1) is 11.0. The summed E-state index contributed by atoms with van der Waals surface area (Å²) in [6.45, 7) is 3.38. The molecule has 1 fully saturated rings. The van der Waals surface area contributed by atoms with Gasteiger partial charge in [0, 0.05) is 39.1 Å². The molecule has 1 amide bonds. The number of carbonyl (C=O) groups excluding carboxylic acids is 1. The normalized spacial score (nSPS) is 16.8. The number of nitrogens with zero attached hydrogens (tertiary/aromatic N) is 2. The summed E-state index contributed by atoms with van der Waals surface area (Å²) in [7, 11) is 1.65. The molecule has 3 N–H and O–H groups in total. The summed E-state index contributed by atoms with van der Waals surface area (Å²) in [5.41, 5.74) is 6.17. The van der Waals surface area contributed by atoms with Gasteiger partial charge in [-0.2, -0.15) is 0 Å². The van der Waals surface area contributed by atoms with E-state index in [2.05, 4.69) is 9.80 Å². The van der Waals surface area contributed by atoms with Crippen molar-refractivity contribution in [2.75, 3.05) is 44.7 Å². The lowest BCUT2D eigenvalue weighted by Gasteiger charge is -2.37. The SMILES string of the molecule is COc1ccccc1N1CCN(CC(CC(N)=O)C(=O)O)CC1. The van der Waals surface area contributed by atoms with E-state index in [1.165, 1.54) is 0 Å². The van der Waals surface area contributed by atoms with Gasteiger partial charge in [-0.05, 0) is 12.1 Å². The predicted molar refractivity (Wildman–Crippen MR) is 86.6 cm³/mol. The summed E-state index contributed by atoms with van der Waals surface area (Å²) in [6, 6.07) is 7.84. The summed E-state index contributed by atoms with van der Waals surface area (Å²) >= 11 is 0. The van der Waals surface area contributed by atoms with Gasteiger partial charge in [0.2, 0.25) is 5.91 Å². The largest absolute Gasteiger partial charge is 0.495 e. The van der Waals surface area contributed by atoms with Gasteiger partial charge in [0.1, 0.15) is 5.75 Å². The average Bonchev–Trinajstić information content (AvgIpc) is 2.54. The van der Waals surface area contributed by atoms with Gasteiger partial charge >= 0.3 is 5.97 Å². The van der Waals surface area contributed by atoms with E-state index in [9.17, 15) is 14.7 Å². The number of carbonyl (C=O) groups is 2. The molecule has 2 rings (SSSR count). The maximum atomic E-state index is 11.2. The highest BCUT2D eigenvalue weighted by Crippen LogP contribution is 2.28. The molecule has 23 heavy (non-hydrogen) atoms. The lowest BCUT2D eigenvalue weighted by molar-refractivity contribution is -0.144. The van der Waals surface area contributed by atoms with Gasteiger partial charge in [-0.3, -0.25) is 14.5 Å². The fourth-order valence-electron chi connectivity index (χ4n) is 2.85. The number of rotatable bonds is 7. The zero-order valence-corrected chi connectivity index (χ0v) is 13.3. The van der Waals surface area contributed by atoms with E-state index >= 15 is 0 Å². The van der Waals surface area contributed by atoms with Crippen LogP contribution in [0.3, 0.4) is 0 Å². The van der Waals surface area contributed by atoms with Gasteiger partial charge in [0.15, 0.2) is 0 Å². The maximum absolute atomic E-state index is 11.2. The van der Waals surface area contributed by atoms with Gasteiger partial charge < -0.3 is 20.5 Å². The first-order valence-electron chi connectivity index (χ1n) is 7.62. The summed E-state index contributed by atoms with van der Waals surface area (Å²) in [4.78, 5) is 26.5. The average molecular weight is 321 g/mol. The van der Waals surface area contributed by atoms with Crippen LogP contribution in [0, 0.1) is 5.92 Å². The van der Waals surface area contributed by atoms with Crippen LogP contribution in [-0.2, 0) is 9.59 Å². The number of piperazine rings is 1. The van der Waals surface area contributed by atoms with Gasteiger partial charge in [-0.15, -0.1) is 0 Å². The molecule has 0 spiro atoms. The van der Waals surface area contributed by atoms with Crippen LogP contribution in [0.5, 0.6) is 5.75 Å². The summed E-state index contributed by atoms with van der Waals surface area (Å²) in [5, 5.41) is 9.19. The Kier molecular flexibility index (Phi) is 5.81. The molecule has 7 nitrogen and oxygen atoms in total. The van der Waals surface area contributed by atoms with E-state index in [0.29, 0.717) is 6.54 Å². The van der Waals surface area contributed by atoms with Gasteiger partial charge in [0.25, 0.3) is 0 Å². The number of nitrogens with two attached hydrogens (primary N) is 1. The topological polar surface area (TPSA) is 96.1 Å². The maximum Gasteiger partial charge on any atom is 0.308 e. The highest BCUT2D eigenvalue weighted by molar-refractivity contribution is 5.81. The Labute approximate surface area is 135 Å². The monoisotopic (exact) mass is 321 g/mol. The number of anilines is 1. The molecule has 1 heterocycles. The quantitative estimate of drug-likeness (QED) is 0.754. The minimum Gasteiger partial charge on any atom is -0.495 e. The van der Waals surface area contributed by atoms with Crippen molar-refractivity contribution in [1.82, 2.24) is 4.90 Å². The Morgan fingerprint density at radius 1 is 1.26 bits per heavy atom. The van der Waals surface area contributed by atoms with Crippen LogP contribution >= 0.6 is 0 Å². The van der Waals surface area contributed by atoms with Crippen molar-refractivity contribution in [3.05, 3.63) is 24.3 Å². The lowest BCUT2D eigenvalue weighted by atomic mass is 10.0. The number of carboxylic acids is 1. The third kappa shape index (κ3) is 4.59. The standard InChI is InChI=1S/C16H23N3O4/c1-23-14-5-3-2-4-13(14)19-8-6-18(7-9-19)11-12(16(21)22)10-15(17)20/h2-5,12H,6-11H2,1H3,(H2,17,20)(H,21,22). The molecule has 1 saturated heterocycles. The Hall–Kier alpha value is -2.28.